The minimum absolute atomic E-state index is 0.112. The number of hydrogen-bond donors (Lipinski definition) is 0. The van der Waals surface area contributed by atoms with E-state index in [2.05, 4.69) is 9.97 Å². The zero-order valence-corrected chi connectivity index (χ0v) is 12.9. The molecule has 0 fully saturated rings. The second kappa shape index (κ2) is 5.02. The second-order valence-corrected chi connectivity index (χ2v) is 5.64. The highest BCUT2D eigenvalue weighted by Crippen LogP contribution is 2.27. The maximum absolute atomic E-state index is 12.8. The van der Waals surface area contributed by atoms with Crippen LogP contribution in [0.15, 0.2) is 59.5 Å². The lowest BCUT2D eigenvalue weighted by molar-refractivity contribution is 0.896. The Balaban J connectivity index is 2.14. The van der Waals surface area contributed by atoms with Crippen LogP contribution in [0, 0.1) is 6.92 Å². The summed E-state index contributed by atoms with van der Waals surface area (Å²) in [6.07, 6.45) is 1.75. The summed E-state index contributed by atoms with van der Waals surface area (Å²) in [6, 6.07) is 15.5. The molecule has 112 valence electrons. The number of fused-ring (bicyclic) bond motifs is 2. The highest BCUT2D eigenvalue weighted by molar-refractivity contribution is 5.95. The van der Waals surface area contributed by atoms with Crippen molar-refractivity contribution >= 4 is 21.9 Å². The molecule has 23 heavy (non-hydrogen) atoms. The van der Waals surface area contributed by atoms with Gasteiger partial charge in [-0.2, -0.15) is 0 Å². The van der Waals surface area contributed by atoms with Crippen LogP contribution < -0.4 is 5.56 Å². The molecule has 0 amide bonds. The van der Waals surface area contributed by atoms with Gasteiger partial charge in [-0.05, 0) is 30.7 Å². The monoisotopic (exact) mass is 301 g/mol. The van der Waals surface area contributed by atoms with E-state index in [1.54, 1.807) is 17.8 Å². The van der Waals surface area contributed by atoms with Crippen LogP contribution in [0.2, 0.25) is 0 Å². The van der Waals surface area contributed by atoms with E-state index in [1.807, 2.05) is 55.5 Å². The van der Waals surface area contributed by atoms with Crippen LogP contribution in [0.25, 0.3) is 33.2 Å². The molecule has 0 saturated heterocycles. The van der Waals surface area contributed by atoms with Gasteiger partial charge in [0.1, 0.15) is 5.69 Å². The molecule has 2 aromatic heterocycles. The summed E-state index contributed by atoms with van der Waals surface area (Å²) in [5.74, 6) is 0. The van der Waals surface area contributed by atoms with Gasteiger partial charge >= 0.3 is 0 Å². The average molecular weight is 301 g/mol. The third kappa shape index (κ3) is 2.03. The summed E-state index contributed by atoms with van der Waals surface area (Å²) in [7, 11) is 1.78. The summed E-state index contributed by atoms with van der Waals surface area (Å²) >= 11 is 0. The Morgan fingerprint density at radius 3 is 2.70 bits per heavy atom. The van der Waals surface area contributed by atoms with Crippen molar-refractivity contribution in [2.24, 2.45) is 7.05 Å². The molecule has 4 aromatic rings. The predicted molar refractivity (Wildman–Crippen MR) is 92.5 cm³/mol. The predicted octanol–water partition coefficient (Wildman–Crippen LogP) is 3.46. The molecular weight excluding hydrogens is 286 g/mol. The summed E-state index contributed by atoms with van der Waals surface area (Å²) in [4.78, 5) is 21.9. The van der Waals surface area contributed by atoms with Gasteiger partial charge in [0, 0.05) is 24.2 Å². The van der Waals surface area contributed by atoms with Crippen molar-refractivity contribution in [3.8, 4) is 11.3 Å². The first-order valence-corrected chi connectivity index (χ1v) is 7.47. The molecule has 4 rings (SSSR count). The molecular formula is C19H15N3O. The molecule has 2 aromatic carbocycles. The molecule has 0 atom stereocenters. The molecule has 0 spiro atoms. The van der Waals surface area contributed by atoms with E-state index >= 15 is 0 Å². The first-order valence-electron chi connectivity index (χ1n) is 7.47. The van der Waals surface area contributed by atoms with Gasteiger partial charge in [0.05, 0.1) is 16.6 Å². The quantitative estimate of drug-likeness (QED) is 0.541. The summed E-state index contributed by atoms with van der Waals surface area (Å²) in [5, 5.41) is 1.04. The number of aryl methyl sites for hydroxylation is 2. The van der Waals surface area contributed by atoms with Gasteiger partial charge < -0.3 is 4.57 Å². The number of para-hydroxylation sites is 2. The van der Waals surface area contributed by atoms with Crippen molar-refractivity contribution in [2.45, 2.75) is 6.92 Å². The first kappa shape index (κ1) is 13.6. The topological polar surface area (TPSA) is 47.8 Å². The van der Waals surface area contributed by atoms with E-state index in [9.17, 15) is 4.79 Å². The van der Waals surface area contributed by atoms with Crippen molar-refractivity contribution in [1.29, 1.82) is 0 Å². The molecule has 0 N–H and O–H groups in total. The van der Waals surface area contributed by atoms with Crippen LogP contribution in [0.3, 0.4) is 0 Å². The van der Waals surface area contributed by atoms with Crippen molar-refractivity contribution in [2.75, 3.05) is 0 Å². The van der Waals surface area contributed by atoms with Gasteiger partial charge in [-0.3, -0.25) is 9.78 Å². The van der Waals surface area contributed by atoms with Gasteiger partial charge in [0.2, 0.25) is 0 Å². The Hall–Kier alpha value is -3.01. The second-order valence-electron chi connectivity index (χ2n) is 5.64. The van der Waals surface area contributed by atoms with E-state index in [-0.39, 0.29) is 5.56 Å². The van der Waals surface area contributed by atoms with Gasteiger partial charge in [0.15, 0.2) is 0 Å². The number of aromatic nitrogens is 3. The molecule has 0 aliphatic rings. The maximum Gasteiger partial charge on any atom is 0.277 e. The Morgan fingerprint density at radius 1 is 1.00 bits per heavy atom. The lowest BCUT2D eigenvalue weighted by atomic mass is 10.0. The number of pyridine rings is 1. The summed E-state index contributed by atoms with van der Waals surface area (Å²) in [6.45, 7) is 2.04. The molecule has 0 radical (unpaired) electrons. The van der Waals surface area contributed by atoms with E-state index in [0.29, 0.717) is 5.69 Å². The van der Waals surface area contributed by atoms with Crippen molar-refractivity contribution in [3.05, 3.63) is 70.6 Å². The fourth-order valence-electron chi connectivity index (χ4n) is 2.96. The first-order chi connectivity index (χ1) is 11.2. The SMILES string of the molecule is Cc1ccc(-c2nc3ccccc3n(C)c2=O)c2ncccc12. The summed E-state index contributed by atoms with van der Waals surface area (Å²) in [5.41, 5.74) is 4.67. The summed E-state index contributed by atoms with van der Waals surface area (Å²) < 4.78 is 1.65. The van der Waals surface area contributed by atoms with E-state index < -0.39 is 0 Å². The Morgan fingerprint density at radius 2 is 1.83 bits per heavy atom. The maximum atomic E-state index is 12.8. The minimum Gasteiger partial charge on any atom is -0.308 e. The minimum atomic E-state index is -0.112. The molecule has 0 unspecified atom stereocenters. The lowest BCUT2D eigenvalue weighted by Crippen LogP contribution is -2.20. The van der Waals surface area contributed by atoms with Crippen LogP contribution >= 0.6 is 0 Å². The van der Waals surface area contributed by atoms with Gasteiger partial charge in [0.25, 0.3) is 5.56 Å². The van der Waals surface area contributed by atoms with Crippen molar-refractivity contribution < 1.29 is 0 Å². The van der Waals surface area contributed by atoms with Crippen LogP contribution in [0.5, 0.6) is 0 Å². The number of hydrogen-bond acceptors (Lipinski definition) is 3. The van der Waals surface area contributed by atoms with Gasteiger partial charge in [-0.15, -0.1) is 0 Å². The molecule has 2 heterocycles. The molecule has 4 nitrogen and oxygen atoms in total. The average Bonchev–Trinajstić information content (AvgIpc) is 2.59. The highest BCUT2D eigenvalue weighted by atomic mass is 16.1. The largest absolute Gasteiger partial charge is 0.308 e. The molecule has 0 aliphatic heterocycles. The van der Waals surface area contributed by atoms with E-state index in [0.717, 1.165) is 33.1 Å². The zero-order chi connectivity index (χ0) is 16.0. The van der Waals surface area contributed by atoms with Crippen molar-refractivity contribution in [1.82, 2.24) is 14.5 Å². The Bertz CT molecular complexity index is 1110. The number of rotatable bonds is 1. The van der Waals surface area contributed by atoms with Crippen LogP contribution in [0.1, 0.15) is 5.56 Å². The van der Waals surface area contributed by atoms with E-state index in [1.165, 1.54) is 0 Å². The van der Waals surface area contributed by atoms with Gasteiger partial charge in [-0.1, -0.05) is 30.3 Å². The zero-order valence-electron chi connectivity index (χ0n) is 12.9. The molecule has 0 bridgehead atoms. The number of nitrogens with zero attached hydrogens (tertiary/aromatic N) is 3. The smallest absolute Gasteiger partial charge is 0.277 e. The fourth-order valence-corrected chi connectivity index (χ4v) is 2.96. The molecule has 0 aliphatic carbocycles. The normalized spacial score (nSPS) is 11.2. The van der Waals surface area contributed by atoms with Crippen LogP contribution in [-0.4, -0.2) is 14.5 Å². The highest BCUT2D eigenvalue weighted by Gasteiger charge is 2.14. The standard InChI is InChI=1S/C19H15N3O/c1-12-9-10-14(17-13(12)6-5-11-20-17)18-19(23)22(2)16-8-4-3-7-15(16)21-18/h3-11H,1-2H3. The molecule has 4 heteroatoms. The van der Waals surface area contributed by atoms with E-state index in [4.69, 9.17) is 0 Å². The van der Waals surface area contributed by atoms with Crippen molar-refractivity contribution in [3.63, 3.8) is 0 Å². The number of benzene rings is 2. The van der Waals surface area contributed by atoms with Crippen LogP contribution in [0.4, 0.5) is 0 Å². The Kier molecular flexibility index (Phi) is 2.98. The fraction of sp³-hybridized carbons (Fsp3) is 0.105. The third-order valence-electron chi connectivity index (χ3n) is 4.23. The third-order valence-corrected chi connectivity index (χ3v) is 4.23. The van der Waals surface area contributed by atoms with Crippen LogP contribution in [-0.2, 0) is 7.05 Å². The Labute approximate surface area is 133 Å². The van der Waals surface area contributed by atoms with Gasteiger partial charge in [-0.25, -0.2) is 4.98 Å². The molecule has 0 saturated carbocycles. The lowest BCUT2D eigenvalue weighted by Gasteiger charge is -2.10.